The van der Waals surface area contributed by atoms with Crippen LogP contribution in [0.3, 0.4) is 0 Å². The number of rotatable bonds is 5. The number of benzene rings is 1. The number of hydrazine groups is 1. The van der Waals surface area contributed by atoms with Crippen molar-refractivity contribution in [2.45, 2.75) is 32.0 Å². The van der Waals surface area contributed by atoms with Gasteiger partial charge in [0.25, 0.3) is 0 Å². The van der Waals surface area contributed by atoms with Gasteiger partial charge in [-0.25, -0.2) is 4.98 Å². The Morgan fingerprint density at radius 3 is 2.48 bits per heavy atom. The van der Waals surface area contributed by atoms with Crippen LogP contribution >= 0.6 is 11.3 Å². The van der Waals surface area contributed by atoms with Crippen molar-refractivity contribution < 1.29 is 13.2 Å². The number of nitrogens with one attached hydrogen (secondary N) is 1. The first-order chi connectivity index (χ1) is 9.90. The molecule has 0 spiro atoms. The van der Waals surface area contributed by atoms with E-state index < -0.39 is 11.2 Å². The van der Waals surface area contributed by atoms with E-state index in [4.69, 9.17) is 5.84 Å². The number of aryl methyl sites for hydroxylation is 2. The zero-order chi connectivity index (χ0) is 15.5. The molecule has 0 saturated carbocycles. The maximum absolute atomic E-state index is 12.6. The fourth-order valence-corrected chi connectivity index (χ4v) is 2.83. The van der Waals surface area contributed by atoms with E-state index in [1.807, 2.05) is 31.2 Å². The average Bonchev–Trinajstić information content (AvgIpc) is 2.91. The fourth-order valence-electron chi connectivity index (χ4n) is 1.95. The highest BCUT2D eigenvalue weighted by Crippen LogP contribution is 2.35. The van der Waals surface area contributed by atoms with Gasteiger partial charge in [0.1, 0.15) is 0 Å². The lowest BCUT2D eigenvalue weighted by molar-refractivity contribution is -0.137. The van der Waals surface area contributed by atoms with Gasteiger partial charge >= 0.3 is 6.18 Å². The molecule has 1 aromatic carbocycles. The highest BCUT2D eigenvalue weighted by atomic mass is 32.1. The normalized spacial score (nSPS) is 13.4. The van der Waals surface area contributed by atoms with E-state index in [1.165, 1.54) is 11.8 Å². The zero-order valence-corrected chi connectivity index (χ0v) is 12.3. The van der Waals surface area contributed by atoms with Gasteiger partial charge in [-0.15, -0.1) is 11.3 Å². The van der Waals surface area contributed by atoms with Crippen molar-refractivity contribution in [3.63, 3.8) is 0 Å². The fraction of sp³-hybridized carbons (Fsp3) is 0.357. The molecule has 3 N–H and O–H groups in total. The summed E-state index contributed by atoms with van der Waals surface area (Å²) in [6.07, 6.45) is -1.82. The number of aromatic nitrogens is 1. The minimum atomic E-state index is -4.40. The summed E-state index contributed by atoms with van der Waals surface area (Å²) in [5.74, 6) is 5.46. The molecule has 1 heterocycles. The second kappa shape index (κ2) is 6.55. The molecule has 0 aliphatic rings. The van der Waals surface area contributed by atoms with Crippen LogP contribution in [0, 0.1) is 6.92 Å². The van der Waals surface area contributed by atoms with Gasteiger partial charge < -0.3 is 0 Å². The van der Waals surface area contributed by atoms with Crippen LogP contribution < -0.4 is 11.3 Å². The summed E-state index contributed by atoms with van der Waals surface area (Å²) in [5.41, 5.74) is 4.86. The summed E-state index contributed by atoms with van der Waals surface area (Å²) >= 11 is 0.631. The lowest BCUT2D eigenvalue weighted by Crippen LogP contribution is -2.27. The molecule has 2 aromatic rings. The topological polar surface area (TPSA) is 50.9 Å². The molecule has 0 fully saturated rings. The summed E-state index contributed by atoms with van der Waals surface area (Å²) in [6, 6.07) is 7.71. The Morgan fingerprint density at radius 2 is 1.95 bits per heavy atom. The Hall–Kier alpha value is -1.44. The molecular weight excluding hydrogens is 299 g/mol. The predicted molar refractivity (Wildman–Crippen MR) is 76.7 cm³/mol. The maximum Gasteiger partial charge on any atom is 0.443 e. The molecule has 0 aliphatic heterocycles. The van der Waals surface area contributed by atoms with E-state index in [0.717, 1.165) is 12.0 Å². The molecule has 0 radical (unpaired) electrons. The summed E-state index contributed by atoms with van der Waals surface area (Å²) in [7, 11) is 0. The molecule has 0 saturated heterocycles. The van der Waals surface area contributed by atoms with Gasteiger partial charge in [-0.1, -0.05) is 29.8 Å². The lowest BCUT2D eigenvalue weighted by Gasteiger charge is -2.13. The average molecular weight is 315 g/mol. The summed E-state index contributed by atoms with van der Waals surface area (Å²) in [6.45, 7) is 2.00. The van der Waals surface area contributed by atoms with E-state index in [9.17, 15) is 13.2 Å². The quantitative estimate of drug-likeness (QED) is 0.654. The van der Waals surface area contributed by atoms with Crippen LogP contribution in [0.5, 0.6) is 0 Å². The number of halogens is 3. The van der Waals surface area contributed by atoms with Gasteiger partial charge in [0.2, 0.25) is 0 Å². The molecule has 1 aromatic heterocycles. The monoisotopic (exact) mass is 315 g/mol. The lowest BCUT2D eigenvalue weighted by atomic mass is 10.0. The summed E-state index contributed by atoms with van der Waals surface area (Å²) in [4.78, 5) is 3.92. The summed E-state index contributed by atoms with van der Waals surface area (Å²) in [5, 5.41) is -0.840. The van der Waals surface area contributed by atoms with E-state index in [2.05, 4.69) is 10.4 Å². The predicted octanol–water partition coefficient (Wildman–Crippen LogP) is 3.61. The van der Waals surface area contributed by atoms with E-state index in [0.29, 0.717) is 22.6 Å². The first-order valence-electron chi connectivity index (χ1n) is 6.44. The Balaban J connectivity index is 2.03. The van der Waals surface area contributed by atoms with Crippen LogP contribution in [-0.4, -0.2) is 4.98 Å². The van der Waals surface area contributed by atoms with Gasteiger partial charge in [-0.2, -0.15) is 13.2 Å². The number of alkyl halides is 3. The van der Waals surface area contributed by atoms with Crippen LogP contribution in [0.15, 0.2) is 30.5 Å². The van der Waals surface area contributed by atoms with Crippen molar-refractivity contribution in [2.75, 3.05) is 0 Å². The SMILES string of the molecule is Cc1ccc(CCC(NN)c2cnc(C(F)(F)F)s2)cc1. The van der Waals surface area contributed by atoms with E-state index >= 15 is 0 Å². The van der Waals surface area contributed by atoms with Crippen molar-refractivity contribution in [1.82, 2.24) is 10.4 Å². The molecule has 1 unspecified atom stereocenters. The third kappa shape index (κ3) is 4.26. The van der Waals surface area contributed by atoms with Crippen molar-refractivity contribution in [1.29, 1.82) is 0 Å². The van der Waals surface area contributed by atoms with E-state index in [1.54, 1.807) is 0 Å². The van der Waals surface area contributed by atoms with E-state index in [-0.39, 0.29) is 6.04 Å². The van der Waals surface area contributed by atoms with Crippen molar-refractivity contribution in [3.05, 3.63) is 51.5 Å². The van der Waals surface area contributed by atoms with Crippen molar-refractivity contribution in [2.24, 2.45) is 5.84 Å². The second-order valence-electron chi connectivity index (χ2n) is 4.81. The van der Waals surface area contributed by atoms with Gasteiger partial charge in [0, 0.05) is 11.1 Å². The Labute approximate surface area is 125 Å². The van der Waals surface area contributed by atoms with Gasteiger partial charge in [0.15, 0.2) is 5.01 Å². The minimum Gasteiger partial charge on any atom is -0.271 e. The Bertz CT molecular complexity index is 578. The Kier molecular flexibility index (Phi) is 4.97. The number of hydrogen-bond donors (Lipinski definition) is 2. The number of nitrogens with zero attached hydrogens (tertiary/aromatic N) is 1. The first kappa shape index (κ1) is 15.9. The van der Waals surface area contributed by atoms with Crippen LogP contribution in [0.1, 0.15) is 33.5 Å². The molecule has 2 rings (SSSR count). The first-order valence-corrected chi connectivity index (χ1v) is 7.26. The maximum atomic E-state index is 12.6. The number of nitrogens with two attached hydrogens (primary N) is 1. The van der Waals surface area contributed by atoms with Gasteiger partial charge in [0.05, 0.1) is 6.04 Å². The van der Waals surface area contributed by atoms with Crippen LogP contribution in [0.4, 0.5) is 13.2 Å². The highest BCUT2D eigenvalue weighted by molar-refractivity contribution is 7.11. The van der Waals surface area contributed by atoms with Gasteiger partial charge in [-0.3, -0.25) is 11.3 Å². The second-order valence-corrected chi connectivity index (χ2v) is 5.87. The molecule has 0 bridgehead atoms. The standard InChI is InChI=1S/C14H16F3N3S/c1-9-2-4-10(5-3-9)6-7-11(20-18)12-8-19-13(21-12)14(15,16)17/h2-5,8,11,20H,6-7,18H2,1H3. The third-order valence-corrected chi connectivity index (χ3v) is 4.31. The largest absolute Gasteiger partial charge is 0.443 e. The van der Waals surface area contributed by atoms with Crippen LogP contribution in [0.2, 0.25) is 0 Å². The molecule has 21 heavy (non-hydrogen) atoms. The molecule has 1 atom stereocenters. The van der Waals surface area contributed by atoms with Crippen molar-refractivity contribution >= 4 is 11.3 Å². The molecule has 0 amide bonds. The minimum absolute atomic E-state index is 0.333. The third-order valence-electron chi connectivity index (χ3n) is 3.15. The van der Waals surface area contributed by atoms with Crippen LogP contribution in [0.25, 0.3) is 0 Å². The number of hydrogen-bond acceptors (Lipinski definition) is 4. The van der Waals surface area contributed by atoms with Crippen LogP contribution in [-0.2, 0) is 12.6 Å². The Morgan fingerprint density at radius 1 is 1.29 bits per heavy atom. The molecule has 0 aliphatic carbocycles. The summed E-state index contributed by atoms with van der Waals surface area (Å²) < 4.78 is 37.7. The van der Waals surface area contributed by atoms with Gasteiger partial charge in [-0.05, 0) is 25.3 Å². The highest BCUT2D eigenvalue weighted by Gasteiger charge is 2.35. The zero-order valence-electron chi connectivity index (χ0n) is 11.4. The smallest absolute Gasteiger partial charge is 0.271 e. The molecule has 114 valence electrons. The molecule has 7 heteroatoms. The molecule has 3 nitrogen and oxygen atoms in total. The number of thiazole rings is 1. The van der Waals surface area contributed by atoms with Crippen molar-refractivity contribution in [3.8, 4) is 0 Å². The molecular formula is C14H16F3N3S.